The summed E-state index contributed by atoms with van der Waals surface area (Å²) in [7, 11) is -4.63. The van der Waals surface area contributed by atoms with Crippen molar-refractivity contribution < 1.29 is 47.7 Å². The van der Waals surface area contributed by atoms with Crippen molar-refractivity contribution in [3.05, 3.63) is 76.3 Å². The number of ether oxygens (including phenoxy) is 4. The number of aliphatic hydroxyl groups is 2. The monoisotopic (exact) mass is 687 g/mol. The van der Waals surface area contributed by atoms with Gasteiger partial charge in [-0.1, -0.05) is 38.1 Å². The van der Waals surface area contributed by atoms with Gasteiger partial charge in [-0.15, -0.1) is 0 Å². The number of hydrogen-bond donors (Lipinski definition) is 5. The van der Waals surface area contributed by atoms with Crippen LogP contribution in [0.15, 0.2) is 59.7 Å². The third-order valence-corrected chi connectivity index (χ3v) is 9.18. The van der Waals surface area contributed by atoms with Crippen molar-refractivity contribution in [1.29, 1.82) is 0 Å². The second-order valence-electron chi connectivity index (χ2n) is 12.2. The minimum atomic E-state index is -4.63. The van der Waals surface area contributed by atoms with E-state index in [0.717, 1.165) is 23.5 Å². The number of aromatic nitrogens is 4. The van der Waals surface area contributed by atoms with Gasteiger partial charge in [0.25, 0.3) is 5.56 Å². The Morgan fingerprint density at radius 3 is 2.35 bits per heavy atom. The average molecular weight is 688 g/mol. The van der Waals surface area contributed by atoms with Gasteiger partial charge < -0.3 is 39.8 Å². The number of benzene rings is 2. The Bertz CT molecular complexity index is 1810. The molecule has 3 unspecified atom stereocenters. The van der Waals surface area contributed by atoms with Crippen LogP contribution in [0.1, 0.15) is 37.6 Å². The molecule has 6 rings (SSSR count). The van der Waals surface area contributed by atoms with Crippen LogP contribution in [-0.2, 0) is 28.5 Å². The number of aliphatic hydroxyl groups excluding tert-OH is 2. The number of nitrogens with zero attached hydrogens (tertiary/aromatic N) is 3. The molecule has 2 aliphatic heterocycles. The number of nitrogens with two attached hydrogens (primary N) is 1. The molecule has 2 aliphatic rings. The molecule has 17 heteroatoms. The minimum absolute atomic E-state index is 0.0439. The van der Waals surface area contributed by atoms with E-state index < -0.39 is 51.1 Å². The van der Waals surface area contributed by atoms with Gasteiger partial charge in [-0.2, -0.15) is 4.98 Å². The van der Waals surface area contributed by atoms with E-state index in [-0.39, 0.29) is 41.7 Å². The smallest absolute Gasteiger partial charge is 0.472 e. The first-order valence-electron chi connectivity index (χ1n) is 15.3. The van der Waals surface area contributed by atoms with E-state index in [2.05, 4.69) is 28.8 Å². The lowest BCUT2D eigenvalue weighted by Gasteiger charge is -2.26. The quantitative estimate of drug-likeness (QED) is 0.0891. The summed E-state index contributed by atoms with van der Waals surface area (Å²) in [5, 5.41) is 20.8. The van der Waals surface area contributed by atoms with Crippen LogP contribution in [0.5, 0.6) is 11.5 Å². The standard InChI is InChI=1S/C31H38N5O11P/c1-31(2,19-5-9-22(10-6-19)43-14-23-15-44-23)18-3-7-21(8-4-18)42-12-20(37)13-45-48(40,41)46-16-25-24(38)11-26(47-25)36-17-33-27-28(36)34-30(32)35-29(27)39/h3-10,17,20,23-26,37-38H,11-16H2,1-2H3,(H,40,41)(H3,32,34,35,39)/t20?,23?,24-,25+,26+/m0/s1. The molecular weight excluding hydrogens is 649 g/mol. The molecule has 0 amide bonds. The molecule has 16 nitrogen and oxygen atoms in total. The van der Waals surface area contributed by atoms with Gasteiger partial charge in [0.1, 0.15) is 49.3 Å². The van der Waals surface area contributed by atoms with Crippen LogP contribution in [0.25, 0.3) is 11.2 Å². The molecule has 0 aliphatic carbocycles. The first-order valence-corrected chi connectivity index (χ1v) is 16.8. The lowest BCUT2D eigenvalue weighted by Crippen LogP contribution is -2.27. The molecule has 0 bridgehead atoms. The number of fused-ring (bicyclic) bond motifs is 1. The Labute approximate surface area is 275 Å². The van der Waals surface area contributed by atoms with E-state index in [0.29, 0.717) is 12.4 Å². The maximum atomic E-state index is 12.5. The Hall–Kier alpha value is -3.86. The van der Waals surface area contributed by atoms with Gasteiger partial charge >= 0.3 is 7.82 Å². The predicted molar refractivity (Wildman–Crippen MR) is 171 cm³/mol. The Morgan fingerprint density at radius 1 is 1.06 bits per heavy atom. The zero-order valence-electron chi connectivity index (χ0n) is 26.3. The van der Waals surface area contributed by atoms with Crippen molar-refractivity contribution in [2.24, 2.45) is 0 Å². The van der Waals surface area contributed by atoms with Crippen LogP contribution in [0.2, 0.25) is 0 Å². The number of rotatable bonds is 15. The molecule has 4 aromatic rings. The van der Waals surface area contributed by atoms with Gasteiger partial charge in [0, 0.05) is 11.8 Å². The van der Waals surface area contributed by atoms with Gasteiger partial charge in [-0.3, -0.25) is 23.4 Å². The first-order chi connectivity index (χ1) is 22.9. The first kappa shape index (κ1) is 34.0. The van der Waals surface area contributed by atoms with Crippen molar-refractivity contribution in [1.82, 2.24) is 19.5 Å². The van der Waals surface area contributed by atoms with E-state index in [4.69, 9.17) is 33.7 Å². The van der Waals surface area contributed by atoms with Crippen molar-refractivity contribution in [3.8, 4) is 11.5 Å². The molecule has 6 atom stereocenters. The highest BCUT2D eigenvalue weighted by atomic mass is 31.2. The normalized spacial score (nSPS) is 22.8. The summed E-state index contributed by atoms with van der Waals surface area (Å²) in [6, 6.07) is 15.4. The molecule has 0 spiro atoms. The lowest BCUT2D eigenvalue weighted by molar-refractivity contribution is -0.0456. The number of nitrogens with one attached hydrogen (secondary N) is 1. The number of H-pyrrole nitrogens is 1. The molecule has 2 fully saturated rings. The molecule has 2 aromatic heterocycles. The number of epoxide rings is 1. The fourth-order valence-electron chi connectivity index (χ4n) is 5.27. The van der Waals surface area contributed by atoms with Gasteiger partial charge in [-0.25, -0.2) is 9.55 Å². The Morgan fingerprint density at radius 2 is 1.71 bits per heavy atom. The third kappa shape index (κ3) is 8.05. The van der Waals surface area contributed by atoms with Gasteiger partial charge in [0.2, 0.25) is 5.95 Å². The van der Waals surface area contributed by atoms with E-state index in [9.17, 15) is 24.5 Å². The number of imidazole rings is 1. The van der Waals surface area contributed by atoms with Crippen molar-refractivity contribution in [2.75, 3.05) is 38.8 Å². The van der Waals surface area contributed by atoms with Crippen LogP contribution in [0, 0.1) is 0 Å². The topological polar surface area (TPSA) is 226 Å². The van der Waals surface area contributed by atoms with E-state index in [1.54, 1.807) is 12.1 Å². The second-order valence-corrected chi connectivity index (χ2v) is 13.6. The number of phosphoric ester groups is 1. The minimum Gasteiger partial charge on any atom is -0.491 e. The van der Waals surface area contributed by atoms with Crippen LogP contribution >= 0.6 is 7.82 Å². The van der Waals surface area contributed by atoms with Crippen LogP contribution in [0.3, 0.4) is 0 Å². The number of aromatic amines is 1. The molecule has 2 aromatic carbocycles. The summed E-state index contributed by atoms with van der Waals surface area (Å²) >= 11 is 0. The lowest BCUT2D eigenvalue weighted by atomic mass is 9.78. The van der Waals surface area contributed by atoms with E-state index in [1.165, 1.54) is 10.9 Å². The SMILES string of the molecule is CC(C)(c1ccc(OCC(O)COP(=O)(O)OC[C@H]2O[C@@H](n3cnc4c(=O)[nH]c(N)nc43)C[C@@H]2O)cc1)c1ccc(OCC2CO2)cc1. The predicted octanol–water partition coefficient (Wildman–Crippen LogP) is 2.03. The highest BCUT2D eigenvalue weighted by molar-refractivity contribution is 7.47. The van der Waals surface area contributed by atoms with Crippen molar-refractivity contribution in [3.63, 3.8) is 0 Å². The van der Waals surface area contributed by atoms with Crippen LogP contribution in [-0.4, -0.2) is 92.1 Å². The van der Waals surface area contributed by atoms with Gasteiger partial charge in [0.05, 0.1) is 32.3 Å². The molecule has 0 saturated carbocycles. The van der Waals surface area contributed by atoms with E-state index >= 15 is 0 Å². The van der Waals surface area contributed by atoms with Crippen LogP contribution in [0.4, 0.5) is 5.95 Å². The van der Waals surface area contributed by atoms with Crippen molar-refractivity contribution >= 4 is 24.9 Å². The van der Waals surface area contributed by atoms with Gasteiger partial charge in [-0.05, 0) is 35.4 Å². The van der Waals surface area contributed by atoms with Crippen molar-refractivity contribution in [2.45, 2.75) is 56.3 Å². The number of nitrogen functional groups attached to an aromatic ring is 1. The fourth-order valence-corrected chi connectivity index (χ4v) is 6.04. The molecule has 48 heavy (non-hydrogen) atoms. The van der Waals surface area contributed by atoms with Crippen LogP contribution < -0.4 is 20.8 Å². The Kier molecular flexibility index (Phi) is 9.88. The summed E-state index contributed by atoms with van der Waals surface area (Å²) < 4.78 is 46.2. The molecule has 4 heterocycles. The summed E-state index contributed by atoms with van der Waals surface area (Å²) in [6.45, 7) is 4.28. The van der Waals surface area contributed by atoms with E-state index in [1.807, 2.05) is 36.4 Å². The number of hydrogen-bond acceptors (Lipinski definition) is 13. The number of anilines is 1. The molecule has 2 saturated heterocycles. The fraction of sp³-hybridized carbons (Fsp3) is 0.452. The maximum Gasteiger partial charge on any atom is 0.472 e. The summed E-state index contributed by atoms with van der Waals surface area (Å²) in [5.74, 6) is 1.18. The number of phosphoric acid groups is 1. The molecule has 6 N–H and O–H groups in total. The zero-order valence-corrected chi connectivity index (χ0v) is 27.2. The summed E-state index contributed by atoms with van der Waals surface area (Å²) in [4.78, 5) is 32.6. The second kappa shape index (κ2) is 13.9. The summed E-state index contributed by atoms with van der Waals surface area (Å²) in [6.07, 6.45) is -2.51. The Balaban J connectivity index is 0.939. The largest absolute Gasteiger partial charge is 0.491 e. The molecule has 258 valence electrons. The van der Waals surface area contributed by atoms with Gasteiger partial charge in [0.15, 0.2) is 11.2 Å². The average Bonchev–Trinajstić information content (AvgIpc) is 3.68. The maximum absolute atomic E-state index is 12.5. The highest BCUT2D eigenvalue weighted by Crippen LogP contribution is 2.44. The highest BCUT2D eigenvalue weighted by Gasteiger charge is 2.38. The third-order valence-electron chi connectivity index (χ3n) is 8.23. The zero-order chi connectivity index (χ0) is 34.1. The summed E-state index contributed by atoms with van der Waals surface area (Å²) in [5.41, 5.74) is 7.17. The molecule has 0 radical (unpaired) electrons. The molecular formula is C31H38N5O11P.